The maximum Gasteiger partial charge on any atom is 0.258 e. The van der Waals surface area contributed by atoms with Crippen molar-refractivity contribution in [2.75, 3.05) is 11.4 Å². The number of benzene rings is 2. The van der Waals surface area contributed by atoms with Gasteiger partial charge in [0.15, 0.2) is 5.78 Å². The quantitative estimate of drug-likeness (QED) is 0.730. The van der Waals surface area contributed by atoms with E-state index in [1.54, 1.807) is 0 Å². The molecule has 4 heteroatoms. The summed E-state index contributed by atoms with van der Waals surface area (Å²) < 4.78 is 0. The Morgan fingerprint density at radius 1 is 1.09 bits per heavy atom. The summed E-state index contributed by atoms with van der Waals surface area (Å²) in [7, 11) is 0. The minimum Gasteiger partial charge on any atom is -0.307 e. The molecule has 1 aliphatic heterocycles. The second-order valence-corrected chi connectivity index (χ2v) is 6.89. The summed E-state index contributed by atoms with van der Waals surface area (Å²) in [6.45, 7) is 0.648. The van der Waals surface area contributed by atoms with Crippen molar-refractivity contribution in [3.05, 3.63) is 65.2 Å². The normalized spacial score (nSPS) is 22.6. The Morgan fingerprint density at radius 3 is 2.64 bits per heavy atom. The number of carbonyl (C=O) groups excluding carboxylic acids is 2. The van der Waals surface area contributed by atoms with E-state index in [2.05, 4.69) is 15.9 Å². The lowest BCUT2D eigenvalue weighted by atomic mass is 9.83. The molecule has 0 bridgehead atoms. The summed E-state index contributed by atoms with van der Waals surface area (Å²) >= 11 is 3.48. The predicted molar refractivity (Wildman–Crippen MR) is 89.0 cm³/mol. The van der Waals surface area contributed by atoms with Crippen LogP contribution in [0, 0.1) is 0 Å². The molecule has 2 aliphatic rings. The fourth-order valence-electron chi connectivity index (χ4n) is 3.49. The van der Waals surface area contributed by atoms with Crippen LogP contribution >= 0.6 is 15.9 Å². The molecule has 1 amide bonds. The van der Waals surface area contributed by atoms with Crippen molar-refractivity contribution >= 4 is 33.3 Å². The van der Waals surface area contributed by atoms with Gasteiger partial charge in [0.05, 0.1) is 4.83 Å². The highest BCUT2D eigenvalue weighted by Gasteiger charge is 2.41. The molecule has 3 nitrogen and oxygen atoms in total. The summed E-state index contributed by atoms with van der Waals surface area (Å²) in [5.41, 5.74) is 3.39. The zero-order valence-electron chi connectivity index (χ0n) is 11.8. The predicted octanol–water partition coefficient (Wildman–Crippen LogP) is 3.78. The van der Waals surface area contributed by atoms with Crippen LogP contribution in [-0.2, 0) is 0 Å². The van der Waals surface area contributed by atoms with Crippen molar-refractivity contribution in [3.8, 4) is 0 Å². The van der Waals surface area contributed by atoms with Crippen molar-refractivity contribution < 1.29 is 9.59 Å². The molecule has 2 unspecified atom stereocenters. The molecule has 22 heavy (non-hydrogen) atoms. The minimum absolute atomic E-state index is 0.00183. The number of hydrogen-bond acceptors (Lipinski definition) is 2. The fraction of sp³-hybridized carbons (Fsp3) is 0.222. The molecule has 0 aromatic heterocycles. The van der Waals surface area contributed by atoms with Gasteiger partial charge >= 0.3 is 0 Å². The Morgan fingerprint density at radius 2 is 1.86 bits per heavy atom. The van der Waals surface area contributed by atoms with E-state index in [1.807, 2.05) is 53.4 Å². The Labute approximate surface area is 137 Å². The van der Waals surface area contributed by atoms with E-state index in [9.17, 15) is 9.59 Å². The summed E-state index contributed by atoms with van der Waals surface area (Å²) in [5, 5.41) is 0. The molecule has 2 atom stereocenters. The van der Waals surface area contributed by atoms with E-state index < -0.39 is 0 Å². The number of Topliss-reactive ketones (excluding diaryl/α,β-unsaturated/α-hetero) is 1. The molecule has 4 rings (SSSR count). The summed E-state index contributed by atoms with van der Waals surface area (Å²) in [6.07, 6.45) is 0.751. The first-order valence-corrected chi connectivity index (χ1v) is 8.26. The van der Waals surface area contributed by atoms with Crippen LogP contribution in [0.25, 0.3) is 0 Å². The lowest BCUT2D eigenvalue weighted by Crippen LogP contribution is -2.31. The Hall–Kier alpha value is -1.94. The van der Waals surface area contributed by atoms with Gasteiger partial charge in [0.1, 0.15) is 0 Å². The van der Waals surface area contributed by atoms with Gasteiger partial charge in [0.2, 0.25) is 0 Å². The molecular weight excluding hydrogens is 342 g/mol. The van der Waals surface area contributed by atoms with Crippen molar-refractivity contribution in [1.29, 1.82) is 0 Å². The zero-order valence-corrected chi connectivity index (χ0v) is 13.4. The van der Waals surface area contributed by atoms with E-state index in [-0.39, 0.29) is 22.4 Å². The second kappa shape index (κ2) is 5.06. The van der Waals surface area contributed by atoms with Crippen LogP contribution in [0.3, 0.4) is 0 Å². The number of ketones is 1. The number of alkyl halides is 1. The average Bonchev–Trinajstić information content (AvgIpc) is 2.92. The number of carbonyl (C=O) groups is 2. The molecule has 0 fully saturated rings. The molecular formula is C18H14BrNO2. The monoisotopic (exact) mass is 355 g/mol. The Bertz CT molecular complexity index is 772. The van der Waals surface area contributed by atoms with Crippen LogP contribution in [0.2, 0.25) is 0 Å². The summed E-state index contributed by atoms with van der Waals surface area (Å²) in [5.74, 6) is 0.366. The van der Waals surface area contributed by atoms with E-state index in [0.29, 0.717) is 12.1 Å². The average molecular weight is 356 g/mol. The first-order valence-electron chi connectivity index (χ1n) is 7.35. The van der Waals surface area contributed by atoms with Crippen LogP contribution in [-0.4, -0.2) is 23.1 Å². The third kappa shape index (κ3) is 1.94. The van der Waals surface area contributed by atoms with Gasteiger partial charge in [-0.05, 0) is 30.2 Å². The van der Waals surface area contributed by atoms with Gasteiger partial charge in [-0.3, -0.25) is 9.59 Å². The number of anilines is 1. The standard InChI is InChI=1S/C18H14BrNO2/c19-14-9-12-10-20(18(22)11-5-2-1-3-6-11)15-8-4-7-13(16(12)15)17(14)21/h1-8,12,14H,9-10H2. The van der Waals surface area contributed by atoms with Crippen LogP contribution in [0.15, 0.2) is 48.5 Å². The highest BCUT2D eigenvalue weighted by molar-refractivity contribution is 9.10. The largest absolute Gasteiger partial charge is 0.307 e. The topological polar surface area (TPSA) is 37.4 Å². The smallest absolute Gasteiger partial charge is 0.258 e. The number of hydrogen-bond donors (Lipinski definition) is 0. The van der Waals surface area contributed by atoms with E-state index in [0.717, 1.165) is 23.2 Å². The van der Waals surface area contributed by atoms with Gasteiger partial charge in [-0.15, -0.1) is 0 Å². The number of halogens is 1. The molecule has 0 N–H and O–H groups in total. The van der Waals surface area contributed by atoms with Gasteiger partial charge < -0.3 is 4.90 Å². The van der Waals surface area contributed by atoms with Crippen molar-refractivity contribution in [2.45, 2.75) is 17.2 Å². The lowest BCUT2D eigenvalue weighted by Gasteiger charge is -2.23. The van der Waals surface area contributed by atoms with E-state index >= 15 is 0 Å². The zero-order chi connectivity index (χ0) is 15.3. The SMILES string of the molecule is O=C1c2cccc3c2C(CC1Br)CN3C(=O)c1ccccc1. The molecule has 0 saturated heterocycles. The van der Waals surface area contributed by atoms with Crippen molar-refractivity contribution in [2.24, 2.45) is 0 Å². The van der Waals surface area contributed by atoms with Gasteiger partial charge in [0, 0.05) is 29.3 Å². The molecule has 2 aromatic rings. The van der Waals surface area contributed by atoms with Gasteiger partial charge in [-0.2, -0.15) is 0 Å². The minimum atomic E-state index is -0.146. The lowest BCUT2D eigenvalue weighted by molar-refractivity contribution is 0.0978. The molecule has 0 radical (unpaired) electrons. The first kappa shape index (κ1) is 13.7. The summed E-state index contributed by atoms with van der Waals surface area (Å²) in [4.78, 5) is 26.8. The third-order valence-corrected chi connectivity index (χ3v) is 5.28. The molecule has 2 aromatic carbocycles. The molecule has 1 aliphatic carbocycles. The second-order valence-electron chi connectivity index (χ2n) is 5.78. The van der Waals surface area contributed by atoms with Gasteiger partial charge in [-0.1, -0.05) is 46.3 Å². The molecule has 110 valence electrons. The van der Waals surface area contributed by atoms with Gasteiger partial charge in [-0.25, -0.2) is 0 Å². The maximum atomic E-state index is 12.8. The number of rotatable bonds is 1. The van der Waals surface area contributed by atoms with Crippen LogP contribution in [0.1, 0.15) is 38.6 Å². The molecule has 0 spiro atoms. The Balaban J connectivity index is 1.79. The van der Waals surface area contributed by atoms with Crippen LogP contribution in [0.5, 0.6) is 0 Å². The van der Waals surface area contributed by atoms with Crippen LogP contribution in [0.4, 0.5) is 5.69 Å². The van der Waals surface area contributed by atoms with E-state index in [1.165, 1.54) is 0 Å². The first-order chi connectivity index (χ1) is 10.7. The summed E-state index contributed by atoms with van der Waals surface area (Å²) in [6, 6.07) is 15.0. The van der Waals surface area contributed by atoms with Crippen LogP contribution < -0.4 is 4.90 Å². The third-order valence-electron chi connectivity index (χ3n) is 4.49. The highest BCUT2D eigenvalue weighted by atomic mass is 79.9. The van der Waals surface area contributed by atoms with Crippen molar-refractivity contribution in [1.82, 2.24) is 0 Å². The van der Waals surface area contributed by atoms with Gasteiger partial charge in [0.25, 0.3) is 5.91 Å². The maximum absolute atomic E-state index is 12.8. The molecule has 1 heterocycles. The fourth-order valence-corrected chi connectivity index (χ4v) is 4.19. The number of nitrogens with zero attached hydrogens (tertiary/aromatic N) is 1. The highest BCUT2D eigenvalue weighted by Crippen LogP contribution is 2.46. The molecule has 0 saturated carbocycles. The number of amides is 1. The van der Waals surface area contributed by atoms with E-state index in [4.69, 9.17) is 0 Å². The Kier molecular flexibility index (Phi) is 3.15. The van der Waals surface area contributed by atoms with Crippen molar-refractivity contribution in [3.63, 3.8) is 0 Å².